The highest BCUT2D eigenvalue weighted by Gasteiger charge is 2.36. The summed E-state index contributed by atoms with van der Waals surface area (Å²) in [6.07, 6.45) is 5.53. The minimum Gasteiger partial charge on any atom is -0.349 e. The van der Waals surface area contributed by atoms with Gasteiger partial charge in [-0.05, 0) is 74.1 Å². The van der Waals surface area contributed by atoms with Crippen LogP contribution in [0.5, 0.6) is 0 Å². The largest absolute Gasteiger partial charge is 0.416 e. The summed E-state index contributed by atoms with van der Waals surface area (Å²) >= 11 is 0. The Morgan fingerprint density at radius 2 is 1.75 bits per heavy atom. The van der Waals surface area contributed by atoms with Gasteiger partial charge < -0.3 is 10.6 Å². The van der Waals surface area contributed by atoms with Crippen LogP contribution in [0.3, 0.4) is 0 Å². The Hall–Kier alpha value is -1.56. The molecule has 1 aromatic carbocycles. The summed E-state index contributed by atoms with van der Waals surface area (Å²) in [6, 6.07) is 4.30. The summed E-state index contributed by atoms with van der Waals surface area (Å²) in [6.45, 7) is 0.915. The number of hydrogen-bond donors (Lipinski definition) is 2. The van der Waals surface area contributed by atoms with E-state index in [1.165, 1.54) is 37.8 Å². The summed E-state index contributed by atoms with van der Waals surface area (Å²) in [4.78, 5) is 12.9. The van der Waals surface area contributed by atoms with Gasteiger partial charge in [0.1, 0.15) is 0 Å². The fourth-order valence-electron chi connectivity index (χ4n) is 4.84. The maximum absolute atomic E-state index is 13.1. The van der Waals surface area contributed by atoms with Crippen molar-refractivity contribution in [1.29, 1.82) is 0 Å². The van der Waals surface area contributed by atoms with E-state index in [-0.39, 0.29) is 17.9 Å². The summed E-state index contributed by atoms with van der Waals surface area (Å²) in [5.74, 6) is 0.281. The Labute approximate surface area is 164 Å². The zero-order valence-electron chi connectivity index (χ0n) is 16.2. The molecule has 0 saturated heterocycles. The van der Waals surface area contributed by atoms with Crippen LogP contribution in [0.25, 0.3) is 0 Å². The third-order valence-electron chi connectivity index (χ3n) is 6.64. The van der Waals surface area contributed by atoms with Gasteiger partial charge in [-0.2, -0.15) is 13.2 Å². The van der Waals surface area contributed by atoms with Gasteiger partial charge in [-0.25, -0.2) is 0 Å². The molecule has 0 spiro atoms. The number of amides is 1. The molecule has 4 rings (SSSR count). The number of benzene rings is 1. The SMILES string of the molecule is O=C(N[C@H]1CCC[C@H]1CNC1CCCC1)c1ccc(C(F)(F)F)cc1C1CC1. The van der Waals surface area contributed by atoms with Gasteiger partial charge in [0.2, 0.25) is 0 Å². The molecule has 1 aromatic rings. The quantitative estimate of drug-likeness (QED) is 0.712. The van der Waals surface area contributed by atoms with E-state index in [0.717, 1.165) is 44.7 Å². The Morgan fingerprint density at radius 3 is 2.43 bits per heavy atom. The molecule has 0 unspecified atom stereocenters. The van der Waals surface area contributed by atoms with Crippen LogP contribution in [0, 0.1) is 5.92 Å². The van der Waals surface area contributed by atoms with Crippen LogP contribution in [-0.2, 0) is 6.18 Å². The number of rotatable bonds is 6. The van der Waals surface area contributed by atoms with Crippen molar-refractivity contribution in [3.8, 4) is 0 Å². The van der Waals surface area contributed by atoms with Crippen LogP contribution < -0.4 is 10.6 Å². The van der Waals surface area contributed by atoms with Gasteiger partial charge in [-0.15, -0.1) is 0 Å². The average molecular weight is 394 g/mol. The van der Waals surface area contributed by atoms with Gasteiger partial charge in [0.15, 0.2) is 0 Å². The molecule has 2 atom stereocenters. The molecule has 2 N–H and O–H groups in total. The van der Waals surface area contributed by atoms with Crippen molar-refractivity contribution in [3.63, 3.8) is 0 Å². The monoisotopic (exact) mass is 394 g/mol. The van der Waals surface area contributed by atoms with Crippen molar-refractivity contribution in [3.05, 3.63) is 34.9 Å². The molecule has 1 amide bonds. The van der Waals surface area contributed by atoms with Crippen LogP contribution in [-0.4, -0.2) is 24.5 Å². The highest BCUT2D eigenvalue weighted by molar-refractivity contribution is 5.96. The number of carbonyl (C=O) groups excluding carboxylic acids is 1. The predicted octanol–water partition coefficient (Wildman–Crippen LogP) is 5.01. The maximum Gasteiger partial charge on any atom is 0.416 e. The first-order valence-electron chi connectivity index (χ1n) is 10.7. The standard InChI is InChI=1S/C22H29F3N2O/c23-22(24,25)16-10-11-18(19(12-16)14-8-9-14)21(28)27-20-7-3-4-15(20)13-26-17-5-1-2-6-17/h10-12,14-15,17,20,26H,1-9,13H2,(H,27,28)/t15-,20-/m0/s1. The second kappa shape index (κ2) is 8.05. The van der Waals surface area contributed by atoms with Crippen molar-refractivity contribution in [2.75, 3.05) is 6.54 Å². The summed E-state index contributed by atoms with van der Waals surface area (Å²) in [5.41, 5.74) is 0.321. The molecular weight excluding hydrogens is 365 g/mol. The molecule has 3 fully saturated rings. The second-order valence-corrected chi connectivity index (χ2v) is 8.73. The lowest BCUT2D eigenvalue weighted by molar-refractivity contribution is -0.137. The van der Waals surface area contributed by atoms with E-state index in [0.29, 0.717) is 23.1 Å². The van der Waals surface area contributed by atoms with E-state index in [2.05, 4.69) is 10.6 Å². The Balaban J connectivity index is 1.42. The van der Waals surface area contributed by atoms with Crippen LogP contribution in [0.1, 0.15) is 85.2 Å². The van der Waals surface area contributed by atoms with E-state index in [1.54, 1.807) is 0 Å². The topological polar surface area (TPSA) is 41.1 Å². The van der Waals surface area contributed by atoms with Gasteiger partial charge in [0, 0.05) is 24.2 Å². The molecule has 3 aliphatic rings. The van der Waals surface area contributed by atoms with Crippen LogP contribution in [0.4, 0.5) is 13.2 Å². The highest BCUT2D eigenvalue weighted by Crippen LogP contribution is 2.43. The lowest BCUT2D eigenvalue weighted by Gasteiger charge is -2.24. The molecule has 154 valence electrons. The number of nitrogens with one attached hydrogen (secondary N) is 2. The highest BCUT2D eigenvalue weighted by atomic mass is 19.4. The average Bonchev–Trinajstić information content (AvgIpc) is 3.19. The van der Waals surface area contributed by atoms with E-state index < -0.39 is 11.7 Å². The van der Waals surface area contributed by atoms with Crippen molar-refractivity contribution in [1.82, 2.24) is 10.6 Å². The van der Waals surface area contributed by atoms with Crippen molar-refractivity contribution >= 4 is 5.91 Å². The van der Waals surface area contributed by atoms with Crippen molar-refractivity contribution < 1.29 is 18.0 Å². The Morgan fingerprint density at radius 1 is 1.00 bits per heavy atom. The van der Waals surface area contributed by atoms with Crippen LogP contribution >= 0.6 is 0 Å². The molecule has 28 heavy (non-hydrogen) atoms. The summed E-state index contributed by atoms with van der Waals surface area (Å²) in [5, 5.41) is 6.80. The molecule has 3 saturated carbocycles. The minimum absolute atomic E-state index is 0.0893. The molecule has 0 heterocycles. The first-order chi connectivity index (χ1) is 13.4. The smallest absolute Gasteiger partial charge is 0.349 e. The lowest BCUT2D eigenvalue weighted by Crippen LogP contribution is -2.42. The Kier molecular flexibility index (Phi) is 5.68. The van der Waals surface area contributed by atoms with Crippen LogP contribution in [0.15, 0.2) is 18.2 Å². The third-order valence-corrected chi connectivity index (χ3v) is 6.64. The zero-order chi connectivity index (χ0) is 19.7. The lowest BCUT2D eigenvalue weighted by atomic mass is 9.97. The van der Waals surface area contributed by atoms with E-state index in [1.807, 2.05) is 0 Å². The molecule has 6 heteroatoms. The van der Waals surface area contributed by atoms with Gasteiger partial charge in [0.05, 0.1) is 5.56 Å². The molecule has 0 aliphatic heterocycles. The molecule has 3 nitrogen and oxygen atoms in total. The third kappa shape index (κ3) is 4.53. The maximum atomic E-state index is 13.1. The summed E-state index contributed by atoms with van der Waals surface area (Å²) < 4.78 is 39.2. The second-order valence-electron chi connectivity index (χ2n) is 8.73. The molecular formula is C22H29F3N2O. The van der Waals surface area contributed by atoms with E-state index >= 15 is 0 Å². The van der Waals surface area contributed by atoms with Gasteiger partial charge in [-0.3, -0.25) is 4.79 Å². The fraction of sp³-hybridized carbons (Fsp3) is 0.682. The number of halogens is 3. The molecule has 3 aliphatic carbocycles. The minimum atomic E-state index is -4.37. The van der Waals surface area contributed by atoms with Crippen molar-refractivity contribution in [2.24, 2.45) is 5.92 Å². The number of carbonyl (C=O) groups is 1. The van der Waals surface area contributed by atoms with Gasteiger partial charge in [0.25, 0.3) is 5.91 Å². The first kappa shape index (κ1) is 19.7. The molecule has 0 radical (unpaired) electrons. The van der Waals surface area contributed by atoms with Crippen molar-refractivity contribution in [2.45, 2.75) is 82.0 Å². The predicted molar refractivity (Wildman–Crippen MR) is 102 cm³/mol. The van der Waals surface area contributed by atoms with Crippen LogP contribution in [0.2, 0.25) is 0 Å². The normalized spacial score (nSPS) is 26.0. The van der Waals surface area contributed by atoms with E-state index in [9.17, 15) is 18.0 Å². The van der Waals surface area contributed by atoms with Gasteiger partial charge >= 0.3 is 6.18 Å². The zero-order valence-corrected chi connectivity index (χ0v) is 16.2. The van der Waals surface area contributed by atoms with E-state index in [4.69, 9.17) is 0 Å². The molecule has 0 aromatic heterocycles. The summed E-state index contributed by atoms with van der Waals surface area (Å²) in [7, 11) is 0. The first-order valence-corrected chi connectivity index (χ1v) is 10.7. The number of alkyl halides is 3. The molecule has 0 bridgehead atoms. The van der Waals surface area contributed by atoms with Gasteiger partial charge in [-0.1, -0.05) is 19.3 Å². The fourth-order valence-corrected chi connectivity index (χ4v) is 4.84. The Bertz CT molecular complexity index is 708. The number of hydrogen-bond acceptors (Lipinski definition) is 2.